The Balaban J connectivity index is 1.48. The second-order valence-corrected chi connectivity index (χ2v) is 7.55. The largest absolute Gasteiger partial charge is 0.348 e. The van der Waals surface area contributed by atoms with Crippen LogP contribution in [0, 0.1) is 20.8 Å². The third-order valence-corrected chi connectivity index (χ3v) is 5.46. The lowest BCUT2D eigenvalue weighted by molar-refractivity contribution is 0.0960. The lowest BCUT2D eigenvalue weighted by Gasteiger charge is -2.10. The normalized spacial score (nSPS) is 11.0. The number of aryl methyl sites for hydroxylation is 3. The molecule has 0 saturated heterocycles. The van der Waals surface area contributed by atoms with Gasteiger partial charge in [0.1, 0.15) is 6.54 Å². The molecule has 30 heavy (non-hydrogen) atoms. The molecule has 0 N–H and O–H groups in total. The minimum atomic E-state index is -0.0113. The molecular formula is C24H25N5O. The summed E-state index contributed by atoms with van der Waals surface area (Å²) >= 11 is 0. The third-order valence-electron chi connectivity index (χ3n) is 5.46. The van der Waals surface area contributed by atoms with Gasteiger partial charge in [-0.15, -0.1) is 10.2 Å². The molecule has 0 spiro atoms. The van der Waals surface area contributed by atoms with Crippen molar-refractivity contribution < 1.29 is 4.79 Å². The molecule has 0 bridgehead atoms. The average Bonchev–Trinajstić information content (AvgIpc) is 3.32. The Bertz CT molecular complexity index is 1170. The molecule has 0 radical (unpaired) electrons. The number of nitrogens with zero attached hydrogens (tertiary/aromatic N) is 5. The average molecular weight is 399 g/mol. The molecule has 0 unspecified atom stereocenters. The van der Waals surface area contributed by atoms with Crippen molar-refractivity contribution in [1.82, 2.24) is 24.8 Å². The van der Waals surface area contributed by atoms with Crippen LogP contribution in [-0.2, 0) is 19.5 Å². The van der Waals surface area contributed by atoms with Crippen molar-refractivity contribution in [3.63, 3.8) is 0 Å². The number of carbonyl (C=O) groups is 1. The topological polar surface area (TPSA) is 65.6 Å². The van der Waals surface area contributed by atoms with E-state index in [0.29, 0.717) is 5.82 Å². The van der Waals surface area contributed by atoms with Crippen LogP contribution in [0.25, 0.3) is 11.4 Å². The summed E-state index contributed by atoms with van der Waals surface area (Å²) in [6.07, 6.45) is 0.926. The third kappa shape index (κ3) is 4.08. The zero-order valence-electron chi connectivity index (χ0n) is 17.5. The summed E-state index contributed by atoms with van der Waals surface area (Å²) in [6.45, 7) is 6.96. The van der Waals surface area contributed by atoms with Gasteiger partial charge in [-0.2, -0.15) is 4.80 Å². The predicted octanol–water partition coefficient (Wildman–Crippen LogP) is 4.19. The van der Waals surface area contributed by atoms with E-state index in [-0.39, 0.29) is 12.3 Å². The second-order valence-electron chi connectivity index (χ2n) is 7.55. The number of hydrogen-bond donors (Lipinski definition) is 0. The summed E-state index contributed by atoms with van der Waals surface area (Å²) in [7, 11) is 0. The van der Waals surface area contributed by atoms with Crippen LogP contribution in [0.3, 0.4) is 0 Å². The Labute approximate surface area is 176 Å². The van der Waals surface area contributed by atoms with Gasteiger partial charge in [0, 0.05) is 29.1 Å². The highest BCUT2D eigenvalue weighted by molar-refractivity contribution is 5.97. The minimum absolute atomic E-state index is 0.0113. The van der Waals surface area contributed by atoms with Gasteiger partial charge in [0.05, 0.1) is 0 Å². The zero-order chi connectivity index (χ0) is 21.1. The first kappa shape index (κ1) is 19.8. The maximum Gasteiger partial charge on any atom is 0.205 e. The molecule has 2 aromatic carbocycles. The summed E-state index contributed by atoms with van der Waals surface area (Å²) in [5.41, 5.74) is 6.07. The van der Waals surface area contributed by atoms with E-state index in [9.17, 15) is 4.79 Å². The maximum absolute atomic E-state index is 12.9. The fraction of sp³-hybridized carbons (Fsp3) is 0.250. The summed E-state index contributed by atoms with van der Waals surface area (Å²) in [4.78, 5) is 14.3. The second kappa shape index (κ2) is 8.45. The van der Waals surface area contributed by atoms with Crippen molar-refractivity contribution in [3.8, 4) is 11.4 Å². The highest BCUT2D eigenvalue weighted by Gasteiger charge is 2.18. The van der Waals surface area contributed by atoms with Crippen molar-refractivity contribution in [2.45, 2.75) is 40.3 Å². The van der Waals surface area contributed by atoms with E-state index in [1.807, 2.05) is 57.2 Å². The van der Waals surface area contributed by atoms with Crippen LogP contribution in [0.5, 0.6) is 0 Å². The number of tetrazole rings is 1. The summed E-state index contributed by atoms with van der Waals surface area (Å²) < 4.78 is 2.20. The Morgan fingerprint density at radius 3 is 2.47 bits per heavy atom. The maximum atomic E-state index is 12.9. The molecule has 2 heterocycles. The van der Waals surface area contributed by atoms with Gasteiger partial charge in [-0.05, 0) is 49.6 Å². The molecule has 0 fully saturated rings. The van der Waals surface area contributed by atoms with Crippen LogP contribution in [-0.4, -0.2) is 30.6 Å². The van der Waals surface area contributed by atoms with Gasteiger partial charge in [-0.25, -0.2) is 0 Å². The van der Waals surface area contributed by atoms with Gasteiger partial charge < -0.3 is 4.57 Å². The fourth-order valence-corrected chi connectivity index (χ4v) is 3.77. The van der Waals surface area contributed by atoms with Gasteiger partial charge >= 0.3 is 0 Å². The molecule has 0 aliphatic carbocycles. The molecule has 0 amide bonds. The fourth-order valence-electron chi connectivity index (χ4n) is 3.77. The number of hydrogen-bond acceptors (Lipinski definition) is 4. The molecule has 6 nitrogen and oxygen atoms in total. The highest BCUT2D eigenvalue weighted by atomic mass is 16.1. The van der Waals surface area contributed by atoms with E-state index in [1.165, 1.54) is 10.4 Å². The summed E-state index contributed by atoms with van der Waals surface area (Å²) in [5.74, 6) is 0.525. The summed E-state index contributed by atoms with van der Waals surface area (Å²) in [6, 6.07) is 20.2. The lowest BCUT2D eigenvalue weighted by atomic mass is 10.1. The number of ketones is 1. The molecule has 0 aliphatic heterocycles. The molecule has 2 aromatic heterocycles. The Kier molecular flexibility index (Phi) is 5.57. The highest BCUT2D eigenvalue weighted by Crippen LogP contribution is 2.19. The molecular weight excluding hydrogens is 374 g/mol. The van der Waals surface area contributed by atoms with E-state index < -0.39 is 0 Å². The SMILES string of the molecule is Cc1ccccc1-c1nnn(CC(=O)c2cc(C)n(CCc3ccccc3)c2C)n1. The van der Waals surface area contributed by atoms with E-state index in [1.54, 1.807) is 0 Å². The number of benzene rings is 2. The van der Waals surface area contributed by atoms with Gasteiger partial charge in [0.2, 0.25) is 5.82 Å². The Morgan fingerprint density at radius 1 is 0.967 bits per heavy atom. The van der Waals surface area contributed by atoms with Crippen LogP contribution < -0.4 is 0 Å². The Hall–Kier alpha value is -3.54. The first-order valence-corrected chi connectivity index (χ1v) is 10.1. The van der Waals surface area contributed by atoms with Gasteiger partial charge in [0.25, 0.3) is 0 Å². The number of carbonyl (C=O) groups excluding carboxylic acids is 1. The first-order chi connectivity index (χ1) is 14.5. The van der Waals surface area contributed by atoms with Crippen LogP contribution in [0.1, 0.15) is 32.9 Å². The quantitative estimate of drug-likeness (QED) is 0.437. The standard InChI is InChI=1S/C24H25N5O/c1-17-9-7-8-12-21(17)24-25-27-29(26-24)16-23(30)22-15-18(2)28(19(22)3)14-13-20-10-5-4-6-11-20/h4-12,15H,13-14,16H2,1-3H3. The van der Waals surface area contributed by atoms with Crippen molar-refractivity contribution in [2.75, 3.05) is 0 Å². The monoisotopic (exact) mass is 399 g/mol. The number of rotatable bonds is 7. The molecule has 4 aromatic rings. The minimum Gasteiger partial charge on any atom is -0.348 e. The van der Waals surface area contributed by atoms with Crippen LogP contribution in [0.2, 0.25) is 0 Å². The smallest absolute Gasteiger partial charge is 0.205 e. The van der Waals surface area contributed by atoms with Gasteiger partial charge in [0.15, 0.2) is 5.78 Å². The van der Waals surface area contributed by atoms with Crippen LogP contribution in [0.4, 0.5) is 0 Å². The zero-order valence-corrected chi connectivity index (χ0v) is 17.5. The number of aromatic nitrogens is 5. The van der Waals surface area contributed by atoms with E-state index in [2.05, 4.69) is 44.2 Å². The Morgan fingerprint density at radius 2 is 1.70 bits per heavy atom. The predicted molar refractivity (Wildman–Crippen MR) is 116 cm³/mol. The molecule has 152 valence electrons. The van der Waals surface area contributed by atoms with Gasteiger partial charge in [-0.3, -0.25) is 4.79 Å². The van der Waals surface area contributed by atoms with Gasteiger partial charge in [-0.1, -0.05) is 54.6 Å². The van der Waals surface area contributed by atoms with Crippen molar-refractivity contribution in [2.24, 2.45) is 0 Å². The summed E-state index contributed by atoms with van der Waals surface area (Å²) in [5, 5.41) is 12.6. The van der Waals surface area contributed by atoms with Crippen LogP contribution in [0.15, 0.2) is 60.7 Å². The molecule has 0 aliphatic rings. The van der Waals surface area contributed by atoms with Crippen molar-refractivity contribution >= 4 is 5.78 Å². The van der Waals surface area contributed by atoms with Crippen LogP contribution >= 0.6 is 0 Å². The van der Waals surface area contributed by atoms with E-state index in [4.69, 9.17) is 0 Å². The molecule has 0 saturated carbocycles. The van der Waals surface area contributed by atoms with E-state index in [0.717, 1.165) is 41.0 Å². The van der Waals surface area contributed by atoms with Crippen molar-refractivity contribution in [1.29, 1.82) is 0 Å². The molecule has 4 rings (SSSR count). The van der Waals surface area contributed by atoms with Crippen molar-refractivity contribution in [3.05, 3.63) is 88.7 Å². The lowest BCUT2D eigenvalue weighted by Crippen LogP contribution is -2.14. The van der Waals surface area contributed by atoms with E-state index >= 15 is 0 Å². The first-order valence-electron chi connectivity index (χ1n) is 10.1. The number of Topliss-reactive ketones (excluding diaryl/α,β-unsaturated/α-hetero) is 1. The molecule has 6 heteroatoms. The molecule has 0 atom stereocenters.